The molecule has 2 heterocycles. The van der Waals surface area contributed by atoms with Gasteiger partial charge in [0.05, 0.1) is 11.0 Å². The largest absolute Gasteiger partial charge is 0.433 e. The SMILES string of the molecule is Fc1ccc2nc(CCNc3cccc(C(F)(F)F)n3)[nH]c2c1. The van der Waals surface area contributed by atoms with Crippen molar-refractivity contribution >= 4 is 16.9 Å². The number of pyridine rings is 1. The maximum atomic E-state index is 13.1. The second kappa shape index (κ2) is 5.86. The van der Waals surface area contributed by atoms with Crippen molar-refractivity contribution in [3.8, 4) is 0 Å². The standard InChI is InChI=1S/C15H12F4N4/c16-9-4-5-10-11(8-9)22-14(21-10)6-7-20-13-3-1-2-12(23-13)15(17,18)19/h1-5,8H,6-7H2,(H,20,23)(H,21,22). The van der Waals surface area contributed by atoms with E-state index in [2.05, 4.69) is 20.3 Å². The van der Waals surface area contributed by atoms with Crippen molar-refractivity contribution in [2.45, 2.75) is 12.6 Å². The van der Waals surface area contributed by atoms with Crippen LogP contribution in [0.5, 0.6) is 0 Å². The van der Waals surface area contributed by atoms with Crippen LogP contribution in [0.3, 0.4) is 0 Å². The highest BCUT2D eigenvalue weighted by Crippen LogP contribution is 2.28. The van der Waals surface area contributed by atoms with Gasteiger partial charge >= 0.3 is 6.18 Å². The van der Waals surface area contributed by atoms with E-state index < -0.39 is 11.9 Å². The van der Waals surface area contributed by atoms with Crippen molar-refractivity contribution in [1.29, 1.82) is 0 Å². The summed E-state index contributed by atoms with van der Waals surface area (Å²) in [6, 6.07) is 7.89. The molecule has 2 N–H and O–H groups in total. The summed E-state index contributed by atoms with van der Waals surface area (Å²) in [7, 11) is 0. The van der Waals surface area contributed by atoms with Crippen molar-refractivity contribution in [2.75, 3.05) is 11.9 Å². The summed E-state index contributed by atoms with van der Waals surface area (Å²) in [5.74, 6) is 0.394. The van der Waals surface area contributed by atoms with Gasteiger partial charge in [-0.25, -0.2) is 14.4 Å². The number of anilines is 1. The first-order valence-corrected chi connectivity index (χ1v) is 6.84. The van der Waals surface area contributed by atoms with Gasteiger partial charge < -0.3 is 10.3 Å². The number of halogens is 4. The average molecular weight is 324 g/mol. The van der Waals surface area contributed by atoms with Gasteiger partial charge in [-0.05, 0) is 30.3 Å². The monoisotopic (exact) mass is 324 g/mol. The third kappa shape index (κ3) is 3.58. The Morgan fingerprint density at radius 3 is 2.70 bits per heavy atom. The van der Waals surface area contributed by atoms with Gasteiger partial charge in [-0.1, -0.05) is 6.07 Å². The van der Waals surface area contributed by atoms with Crippen LogP contribution in [0.25, 0.3) is 11.0 Å². The summed E-state index contributed by atoms with van der Waals surface area (Å²) in [6.07, 6.45) is -4.03. The van der Waals surface area contributed by atoms with E-state index in [0.29, 0.717) is 29.8 Å². The lowest BCUT2D eigenvalue weighted by atomic mass is 10.3. The molecule has 0 aliphatic rings. The Balaban J connectivity index is 1.64. The normalized spacial score (nSPS) is 11.8. The van der Waals surface area contributed by atoms with Crippen molar-refractivity contribution in [3.63, 3.8) is 0 Å². The molecule has 0 unspecified atom stereocenters. The average Bonchev–Trinajstić information content (AvgIpc) is 2.88. The van der Waals surface area contributed by atoms with E-state index in [9.17, 15) is 17.6 Å². The number of rotatable bonds is 4. The van der Waals surface area contributed by atoms with Gasteiger partial charge in [0, 0.05) is 13.0 Å². The van der Waals surface area contributed by atoms with E-state index in [1.165, 1.54) is 24.3 Å². The smallest absolute Gasteiger partial charge is 0.370 e. The predicted octanol–water partition coefficient (Wildman–Crippen LogP) is 3.77. The van der Waals surface area contributed by atoms with Crippen LogP contribution in [0.4, 0.5) is 23.4 Å². The summed E-state index contributed by atoms with van der Waals surface area (Å²) in [4.78, 5) is 10.8. The van der Waals surface area contributed by atoms with E-state index in [4.69, 9.17) is 0 Å². The second-order valence-corrected chi connectivity index (χ2v) is 4.93. The van der Waals surface area contributed by atoms with Crippen LogP contribution >= 0.6 is 0 Å². The number of fused-ring (bicyclic) bond motifs is 1. The first-order valence-electron chi connectivity index (χ1n) is 6.84. The number of aromatic nitrogens is 3. The molecule has 0 saturated carbocycles. The molecule has 0 spiro atoms. The zero-order chi connectivity index (χ0) is 16.4. The molecule has 3 rings (SSSR count). The van der Waals surface area contributed by atoms with Gasteiger partial charge in [-0.15, -0.1) is 0 Å². The lowest BCUT2D eigenvalue weighted by Gasteiger charge is -2.08. The summed E-state index contributed by atoms with van der Waals surface area (Å²) < 4.78 is 50.8. The van der Waals surface area contributed by atoms with Crippen LogP contribution in [0, 0.1) is 5.82 Å². The zero-order valence-electron chi connectivity index (χ0n) is 11.8. The molecule has 0 saturated heterocycles. The summed E-state index contributed by atoms with van der Waals surface area (Å²) in [5, 5.41) is 2.82. The Bertz CT molecular complexity index is 826. The van der Waals surface area contributed by atoms with Crippen molar-refractivity contribution < 1.29 is 17.6 Å². The van der Waals surface area contributed by atoms with Crippen LogP contribution in [-0.4, -0.2) is 21.5 Å². The quantitative estimate of drug-likeness (QED) is 0.718. The molecule has 0 fully saturated rings. The van der Waals surface area contributed by atoms with E-state index in [1.54, 1.807) is 6.07 Å². The first-order chi connectivity index (χ1) is 10.9. The van der Waals surface area contributed by atoms with Gasteiger partial charge in [0.2, 0.25) is 0 Å². The Labute approximate surface area is 128 Å². The number of imidazole rings is 1. The fourth-order valence-electron chi connectivity index (χ4n) is 2.15. The highest BCUT2D eigenvalue weighted by molar-refractivity contribution is 5.74. The Morgan fingerprint density at radius 1 is 1.09 bits per heavy atom. The molecule has 1 aromatic carbocycles. The molecular formula is C15H12F4N4. The van der Waals surface area contributed by atoms with Gasteiger partial charge in [0.15, 0.2) is 0 Å². The molecule has 23 heavy (non-hydrogen) atoms. The highest BCUT2D eigenvalue weighted by atomic mass is 19.4. The van der Waals surface area contributed by atoms with E-state index in [1.807, 2.05) is 0 Å². The third-order valence-corrected chi connectivity index (χ3v) is 3.20. The molecule has 0 bridgehead atoms. The molecule has 8 heteroatoms. The second-order valence-electron chi connectivity index (χ2n) is 4.93. The number of nitrogens with one attached hydrogen (secondary N) is 2. The molecule has 0 amide bonds. The van der Waals surface area contributed by atoms with Crippen LogP contribution in [0.15, 0.2) is 36.4 Å². The molecule has 4 nitrogen and oxygen atoms in total. The van der Waals surface area contributed by atoms with Gasteiger partial charge in [-0.3, -0.25) is 0 Å². The first kappa shape index (κ1) is 15.3. The van der Waals surface area contributed by atoms with E-state index in [-0.39, 0.29) is 11.6 Å². The number of alkyl halides is 3. The third-order valence-electron chi connectivity index (χ3n) is 3.20. The highest BCUT2D eigenvalue weighted by Gasteiger charge is 2.32. The van der Waals surface area contributed by atoms with Gasteiger partial charge in [-0.2, -0.15) is 13.2 Å². The van der Waals surface area contributed by atoms with Crippen molar-refractivity contribution in [3.05, 3.63) is 53.7 Å². The Hall–Kier alpha value is -2.64. The lowest BCUT2D eigenvalue weighted by Crippen LogP contribution is -2.12. The summed E-state index contributed by atoms with van der Waals surface area (Å²) >= 11 is 0. The molecule has 0 radical (unpaired) electrons. The molecule has 2 aromatic heterocycles. The molecular weight excluding hydrogens is 312 g/mol. The molecule has 0 aliphatic carbocycles. The van der Waals surface area contributed by atoms with Crippen LogP contribution < -0.4 is 5.32 Å². The number of aromatic amines is 1. The molecule has 120 valence electrons. The minimum absolute atomic E-state index is 0.141. The maximum absolute atomic E-state index is 13.1. The van der Waals surface area contributed by atoms with Crippen LogP contribution in [0.2, 0.25) is 0 Å². The molecule has 0 aliphatic heterocycles. The summed E-state index contributed by atoms with van der Waals surface area (Å²) in [6.45, 7) is 0.344. The Kier molecular flexibility index (Phi) is 3.89. The van der Waals surface area contributed by atoms with Gasteiger partial charge in [0.1, 0.15) is 23.2 Å². The number of benzene rings is 1. The topological polar surface area (TPSA) is 53.6 Å². The Morgan fingerprint density at radius 2 is 1.91 bits per heavy atom. The van der Waals surface area contributed by atoms with Crippen molar-refractivity contribution in [1.82, 2.24) is 15.0 Å². The fraction of sp³-hybridized carbons (Fsp3) is 0.200. The minimum Gasteiger partial charge on any atom is -0.370 e. The van der Waals surface area contributed by atoms with Crippen LogP contribution in [0.1, 0.15) is 11.5 Å². The number of H-pyrrole nitrogens is 1. The van der Waals surface area contributed by atoms with Crippen LogP contribution in [-0.2, 0) is 12.6 Å². The zero-order valence-corrected chi connectivity index (χ0v) is 11.8. The fourth-order valence-corrected chi connectivity index (χ4v) is 2.15. The van der Waals surface area contributed by atoms with Gasteiger partial charge in [0.25, 0.3) is 0 Å². The van der Waals surface area contributed by atoms with E-state index >= 15 is 0 Å². The maximum Gasteiger partial charge on any atom is 0.433 e. The lowest BCUT2D eigenvalue weighted by molar-refractivity contribution is -0.141. The predicted molar refractivity (Wildman–Crippen MR) is 77.5 cm³/mol. The number of hydrogen-bond acceptors (Lipinski definition) is 3. The molecule has 0 atom stereocenters. The summed E-state index contributed by atoms with van der Waals surface area (Å²) in [5.41, 5.74) is 0.275. The number of nitrogens with zero attached hydrogens (tertiary/aromatic N) is 2. The minimum atomic E-state index is -4.47. The molecule has 3 aromatic rings. The van der Waals surface area contributed by atoms with E-state index in [0.717, 1.165) is 6.07 Å². The number of hydrogen-bond donors (Lipinski definition) is 2. The van der Waals surface area contributed by atoms with Crippen molar-refractivity contribution in [2.24, 2.45) is 0 Å².